The van der Waals surface area contributed by atoms with Crippen molar-refractivity contribution >= 4 is 16.8 Å². The summed E-state index contributed by atoms with van der Waals surface area (Å²) in [5.74, 6) is 0.0227. The zero-order chi connectivity index (χ0) is 11.3. The molecule has 2 heterocycles. The van der Waals surface area contributed by atoms with Crippen LogP contribution in [0.4, 0.5) is 0 Å². The molecule has 0 radical (unpaired) electrons. The van der Waals surface area contributed by atoms with E-state index in [2.05, 4.69) is 36.3 Å². The maximum Gasteiger partial charge on any atom is 0.268 e. The molecule has 16 heavy (non-hydrogen) atoms. The first-order chi connectivity index (χ1) is 7.68. The summed E-state index contributed by atoms with van der Waals surface area (Å²) in [4.78, 5) is 15.0. The first-order valence-electron chi connectivity index (χ1n) is 5.57. The minimum atomic E-state index is 0.0227. The number of aryl methyl sites for hydroxylation is 2. The SMILES string of the molecule is Cc1ccc2c3c([nH]c2c1C)C(=O)NCC3. The number of carbonyl (C=O) groups is 1. The Labute approximate surface area is 93.9 Å². The molecule has 0 unspecified atom stereocenters. The van der Waals surface area contributed by atoms with Crippen LogP contribution in [-0.4, -0.2) is 17.4 Å². The fourth-order valence-corrected chi connectivity index (χ4v) is 2.41. The van der Waals surface area contributed by atoms with Crippen molar-refractivity contribution in [2.45, 2.75) is 20.3 Å². The lowest BCUT2D eigenvalue weighted by Crippen LogP contribution is -2.31. The predicted molar refractivity (Wildman–Crippen MR) is 63.8 cm³/mol. The van der Waals surface area contributed by atoms with Crippen LogP contribution in [0.3, 0.4) is 0 Å². The van der Waals surface area contributed by atoms with E-state index in [0.717, 1.165) is 24.2 Å². The Morgan fingerprint density at radius 1 is 1.25 bits per heavy atom. The molecule has 1 aliphatic rings. The molecule has 1 aromatic heterocycles. The van der Waals surface area contributed by atoms with Crippen LogP contribution in [0.1, 0.15) is 27.2 Å². The van der Waals surface area contributed by atoms with E-state index < -0.39 is 0 Å². The number of aromatic amines is 1. The van der Waals surface area contributed by atoms with Crippen molar-refractivity contribution in [2.75, 3.05) is 6.54 Å². The Bertz CT molecular complexity index is 595. The van der Waals surface area contributed by atoms with E-state index in [9.17, 15) is 4.79 Å². The number of amides is 1. The van der Waals surface area contributed by atoms with Gasteiger partial charge in [0.15, 0.2) is 0 Å². The molecule has 0 aliphatic carbocycles. The average Bonchev–Trinajstić information content (AvgIpc) is 2.65. The highest BCUT2D eigenvalue weighted by molar-refractivity contribution is 6.03. The lowest BCUT2D eigenvalue weighted by Gasteiger charge is -2.11. The number of H-pyrrole nitrogens is 1. The van der Waals surface area contributed by atoms with Gasteiger partial charge >= 0.3 is 0 Å². The second-order valence-electron chi connectivity index (χ2n) is 4.41. The lowest BCUT2D eigenvalue weighted by atomic mass is 10.0. The molecular weight excluding hydrogens is 200 g/mol. The zero-order valence-corrected chi connectivity index (χ0v) is 9.48. The quantitative estimate of drug-likeness (QED) is 0.692. The van der Waals surface area contributed by atoms with Crippen molar-refractivity contribution in [3.63, 3.8) is 0 Å². The van der Waals surface area contributed by atoms with Crippen LogP contribution in [0.2, 0.25) is 0 Å². The Morgan fingerprint density at radius 2 is 2.06 bits per heavy atom. The molecule has 3 heteroatoms. The van der Waals surface area contributed by atoms with Crippen molar-refractivity contribution in [2.24, 2.45) is 0 Å². The number of hydrogen-bond donors (Lipinski definition) is 2. The fourth-order valence-electron chi connectivity index (χ4n) is 2.41. The summed E-state index contributed by atoms with van der Waals surface area (Å²) < 4.78 is 0. The normalized spacial score (nSPS) is 15.0. The molecular formula is C13H14N2O. The van der Waals surface area contributed by atoms with Gasteiger partial charge in [-0.1, -0.05) is 12.1 Å². The number of aromatic nitrogens is 1. The molecule has 0 saturated heterocycles. The molecule has 0 fully saturated rings. The van der Waals surface area contributed by atoms with Gasteiger partial charge in [-0.25, -0.2) is 0 Å². The van der Waals surface area contributed by atoms with Gasteiger partial charge < -0.3 is 10.3 Å². The number of benzene rings is 1. The van der Waals surface area contributed by atoms with Gasteiger partial charge in [0.05, 0.1) is 0 Å². The van der Waals surface area contributed by atoms with E-state index in [0.29, 0.717) is 0 Å². The van der Waals surface area contributed by atoms with Gasteiger partial charge in [-0.3, -0.25) is 4.79 Å². The van der Waals surface area contributed by atoms with Crippen molar-refractivity contribution in [3.05, 3.63) is 34.5 Å². The van der Waals surface area contributed by atoms with Crippen LogP contribution in [0.5, 0.6) is 0 Å². The molecule has 3 nitrogen and oxygen atoms in total. The van der Waals surface area contributed by atoms with Crippen molar-refractivity contribution in [3.8, 4) is 0 Å². The summed E-state index contributed by atoms with van der Waals surface area (Å²) in [5.41, 5.74) is 5.52. The molecule has 82 valence electrons. The van der Waals surface area contributed by atoms with Gasteiger partial charge in [-0.05, 0) is 37.0 Å². The van der Waals surface area contributed by atoms with Crippen molar-refractivity contribution < 1.29 is 4.79 Å². The predicted octanol–water partition coefficient (Wildman–Crippen LogP) is 2.07. The second kappa shape index (κ2) is 3.11. The Hall–Kier alpha value is -1.77. The van der Waals surface area contributed by atoms with Crippen LogP contribution in [0, 0.1) is 13.8 Å². The van der Waals surface area contributed by atoms with Gasteiger partial charge in [0.1, 0.15) is 5.69 Å². The Kier molecular flexibility index (Phi) is 1.84. The third-order valence-electron chi connectivity index (χ3n) is 3.50. The topological polar surface area (TPSA) is 44.9 Å². The minimum Gasteiger partial charge on any atom is -0.350 e. The molecule has 0 saturated carbocycles. The van der Waals surface area contributed by atoms with E-state index in [1.165, 1.54) is 22.1 Å². The van der Waals surface area contributed by atoms with Crippen LogP contribution in [0.25, 0.3) is 10.9 Å². The van der Waals surface area contributed by atoms with Gasteiger partial charge in [0.25, 0.3) is 5.91 Å². The van der Waals surface area contributed by atoms with E-state index in [4.69, 9.17) is 0 Å². The van der Waals surface area contributed by atoms with Crippen LogP contribution in [0.15, 0.2) is 12.1 Å². The Balaban J connectivity index is 2.40. The number of rotatable bonds is 0. The Morgan fingerprint density at radius 3 is 2.88 bits per heavy atom. The molecule has 0 bridgehead atoms. The number of hydrogen-bond acceptors (Lipinski definition) is 1. The summed E-state index contributed by atoms with van der Waals surface area (Å²) >= 11 is 0. The summed E-state index contributed by atoms with van der Waals surface area (Å²) in [5, 5.41) is 4.06. The average molecular weight is 214 g/mol. The molecule has 2 N–H and O–H groups in total. The molecule has 3 rings (SSSR count). The third kappa shape index (κ3) is 1.11. The van der Waals surface area contributed by atoms with E-state index in [1.54, 1.807) is 0 Å². The van der Waals surface area contributed by atoms with Gasteiger partial charge in [0, 0.05) is 17.4 Å². The highest BCUT2D eigenvalue weighted by Crippen LogP contribution is 2.28. The second-order valence-corrected chi connectivity index (χ2v) is 4.41. The highest BCUT2D eigenvalue weighted by Gasteiger charge is 2.22. The lowest BCUT2D eigenvalue weighted by molar-refractivity contribution is 0.0942. The number of fused-ring (bicyclic) bond motifs is 3. The number of nitrogens with one attached hydrogen (secondary N) is 2. The molecule has 0 spiro atoms. The largest absolute Gasteiger partial charge is 0.350 e. The zero-order valence-electron chi connectivity index (χ0n) is 9.48. The van der Waals surface area contributed by atoms with Gasteiger partial charge in [0.2, 0.25) is 0 Å². The minimum absolute atomic E-state index is 0.0227. The summed E-state index contributed by atoms with van der Waals surface area (Å²) in [6.45, 7) is 4.93. The maximum absolute atomic E-state index is 11.7. The van der Waals surface area contributed by atoms with Crippen molar-refractivity contribution in [1.82, 2.24) is 10.3 Å². The summed E-state index contributed by atoms with van der Waals surface area (Å²) in [6, 6.07) is 4.24. The number of carbonyl (C=O) groups excluding carboxylic acids is 1. The van der Waals surface area contributed by atoms with Crippen LogP contribution >= 0.6 is 0 Å². The standard InChI is InChI=1S/C13H14N2O/c1-7-3-4-9-10-5-6-14-13(16)12(10)15-11(9)8(7)2/h3-4,15H,5-6H2,1-2H3,(H,14,16). The maximum atomic E-state index is 11.7. The summed E-state index contributed by atoms with van der Waals surface area (Å²) in [7, 11) is 0. The molecule has 1 aromatic carbocycles. The smallest absolute Gasteiger partial charge is 0.268 e. The molecule has 1 aliphatic heterocycles. The van der Waals surface area contributed by atoms with Gasteiger partial charge in [-0.15, -0.1) is 0 Å². The highest BCUT2D eigenvalue weighted by atomic mass is 16.1. The van der Waals surface area contributed by atoms with E-state index >= 15 is 0 Å². The summed E-state index contributed by atoms with van der Waals surface area (Å²) in [6.07, 6.45) is 0.920. The van der Waals surface area contributed by atoms with Crippen LogP contribution < -0.4 is 5.32 Å². The van der Waals surface area contributed by atoms with Gasteiger partial charge in [-0.2, -0.15) is 0 Å². The first kappa shape index (κ1) is 9.46. The van der Waals surface area contributed by atoms with E-state index in [1.807, 2.05) is 0 Å². The van der Waals surface area contributed by atoms with E-state index in [-0.39, 0.29) is 5.91 Å². The van der Waals surface area contributed by atoms with Crippen LogP contribution in [-0.2, 0) is 6.42 Å². The first-order valence-corrected chi connectivity index (χ1v) is 5.57. The van der Waals surface area contributed by atoms with Crippen molar-refractivity contribution in [1.29, 1.82) is 0 Å². The third-order valence-corrected chi connectivity index (χ3v) is 3.50. The monoisotopic (exact) mass is 214 g/mol. The molecule has 1 amide bonds. The molecule has 0 atom stereocenters. The molecule has 2 aromatic rings. The fraction of sp³-hybridized carbons (Fsp3) is 0.308.